The highest BCUT2D eigenvalue weighted by Crippen LogP contribution is 2.09. The summed E-state index contributed by atoms with van der Waals surface area (Å²) in [6, 6.07) is 6.59. The quantitative estimate of drug-likeness (QED) is 0.376. The summed E-state index contributed by atoms with van der Waals surface area (Å²) in [7, 11) is -3.48. The van der Waals surface area contributed by atoms with E-state index in [4.69, 9.17) is 11.5 Å². The lowest BCUT2D eigenvalue weighted by molar-refractivity contribution is 0.582. The van der Waals surface area contributed by atoms with Gasteiger partial charge >= 0.3 is 0 Å². The molecule has 17 heavy (non-hydrogen) atoms. The van der Waals surface area contributed by atoms with Gasteiger partial charge in [0, 0.05) is 6.54 Å². The Morgan fingerprint density at radius 1 is 1.29 bits per heavy atom. The highest BCUT2D eigenvalue weighted by atomic mass is 32.2. The molecule has 6 nitrogen and oxygen atoms in total. The molecule has 1 aromatic carbocycles. The van der Waals surface area contributed by atoms with Gasteiger partial charge in [0.05, 0.1) is 11.4 Å². The number of aliphatic imine (C=N–C) groups is 1. The van der Waals surface area contributed by atoms with E-state index >= 15 is 0 Å². The van der Waals surface area contributed by atoms with Crippen LogP contribution in [0.4, 0.5) is 0 Å². The van der Waals surface area contributed by atoms with E-state index in [-0.39, 0.29) is 23.9 Å². The number of aryl methyl sites for hydroxylation is 1. The molecule has 0 spiro atoms. The molecule has 0 radical (unpaired) electrons. The first-order valence-electron chi connectivity index (χ1n) is 5.03. The number of guanidine groups is 1. The van der Waals surface area contributed by atoms with Gasteiger partial charge in [-0.25, -0.2) is 13.1 Å². The molecule has 1 rings (SSSR count). The monoisotopic (exact) mass is 256 g/mol. The summed E-state index contributed by atoms with van der Waals surface area (Å²) in [5, 5.41) is 0. The van der Waals surface area contributed by atoms with Gasteiger partial charge in [0.1, 0.15) is 0 Å². The molecular weight excluding hydrogens is 240 g/mol. The molecule has 0 aliphatic rings. The fourth-order valence-corrected chi connectivity index (χ4v) is 2.19. The van der Waals surface area contributed by atoms with E-state index in [1.54, 1.807) is 24.3 Å². The van der Waals surface area contributed by atoms with Gasteiger partial charge in [-0.1, -0.05) is 17.7 Å². The van der Waals surface area contributed by atoms with Crippen molar-refractivity contribution in [2.45, 2.75) is 11.8 Å². The summed E-state index contributed by atoms with van der Waals surface area (Å²) in [6.45, 7) is 2.27. The third kappa shape index (κ3) is 4.41. The first-order chi connectivity index (χ1) is 7.92. The van der Waals surface area contributed by atoms with Crippen molar-refractivity contribution in [2.24, 2.45) is 16.5 Å². The molecule has 0 unspecified atom stereocenters. The zero-order valence-corrected chi connectivity index (χ0v) is 10.4. The predicted octanol–water partition coefficient (Wildman–Crippen LogP) is -0.453. The summed E-state index contributed by atoms with van der Waals surface area (Å²) in [6.07, 6.45) is 0. The Hall–Kier alpha value is -1.60. The van der Waals surface area contributed by atoms with Crippen LogP contribution < -0.4 is 16.2 Å². The first-order valence-corrected chi connectivity index (χ1v) is 6.52. The van der Waals surface area contributed by atoms with Crippen LogP contribution in [0.5, 0.6) is 0 Å². The van der Waals surface area contributed by atoms with Crippen molar-refractivity contribution in [3.8, 4) is 0 Å². The van der Waals surface area contributed by atoms with Crippen LogP contribution in [0.25, 0.3) is 0 Å². The molecule has 0 fully saturated rings. The van der Waals surface area contributed by atoms with Crippen LogP contribution in [0, 0.1) is 6.92 Å². The molecule has 0 saturated carbocycles. The van der Waals surface area contributed by atoms with E-state index in [0.717, 1.165) is 5.56 Å². The second-order valence-corrected chi connectivity index (χ2v) is 5.28. The molecule has 1 aromatic rings. The van der Waals surface area contributed by atoms with E-state index in [2.05, 4.69) is 9.71 Å². The molecule has 0 saturated heterocycles. The van der Waals surface area contributed by atoms with Crippen molar-refractivity contribution in [3.05, 3.63) is 29.8 Å². The number of hydrogen-bond acceptors (Lipinski definition) is 3. The molecular formula is C10H16N4O2S. The van der Waals surface area contributed by atoms with Crippen LogP contribution in [-0.2, 0) is 10.0 Å². The first kappa shape index (κ1) is 13.5. The van der Waals surface area contributed by atoms with Crippen LogP contribution in [0.2, 0.25) is 0 Å². The maximum Gasteiger partial charge on any atom is 0.240 e. The number of nitrogens with one attached hydrogen (secondary N) is 1. The number of rotatable bonds is 5. The second kappa shape index (κ2) is 5.65. The molecule has 0 aliphatic carbocycles. The maximum absolute atomic E-state index is 11.8. The lowest BCUT2D eigenvalue weighted by atomic mass is 10.2. The fourth-order valence-electron chi connectivity index (χ4n) is 1.17. The SMILES string of the molecule is Cc1ccc(S(=O)(=O)NCCN=C(N)N)cc1. The Kier molecular flexibility index (Phi) is 4.47. The maximum atomic E-state index is 11.8. The lowest BCUT2D eigenvalue weighted by Crippen LogP contribution is -2.28. The van der Waals surface area contributed by atoms with Crippen LogP contribution >= 0.6 is 0 Å². The molecule has 0 heterocycles. The van der Waals surface area contributed by atoms with Crippen molar-refractivity contribution in [1.82, 2.24) is 4.72 Å². The van der Waals surface area contributed by atoms with Gasteiger partial charge in [-0.15, -0.1) is 0 Å². The lowest BCUT2D eigenvalue weighted by Gasteiger charge is -2.05. The topological polar surface area (TPSA) is 111 Å². The Labute approximate surface area is 101 Å². The van der Waals surface area contributed by atoms with Crippen molar-refractivity contribution < 1.29 is 8.42 Å². The van der Waals surface area contributed by atoms with E-state index < -0.39 is 10.0 Å². The number of nitrogens with two attached hydrogens (primary N) is 2. The van der Waals surface area contributed by atoms with Gasteiger partial charge in [-0.3, -0.25) is 4.99 Å². The standard InChI is InChI=1S/C10H16N4O2S/c1-8-2-4-9(5-3-8)17(15,16)14-7-6-13-10(11)12/h2-5,14H,6-7H2,1H3,(H4,11,12,13). The van der Waals surface area contributed by atoms with Crippen LogP contribution in [-0.4, -0.2) is 27.5 Å². The van der Waals surface area contributed by atoms with E-state index in [1.165, 1.54) is 0 Å². The third-order valence-corrected chi connectivity index (χ3v) is 3.51. The zero-order valence-electron chi connectivity index (χ0n) is 9.55. The Morgan fingerprint density at radius 3 is 2.41 bits per heavy atom. The molecule has 0 amide bonds. The molecule has 0 aliphatic heterocycles. The molecule has 0 aromatic heterocycles. The predicted molar refractivity (Wildman–Crippen MR) is 67.0 cm³/mol. The highest BCUT2D eigenvalue weighted by molar-refractivity contribution is 7.89. The summed E-state index contributed by atoms with van der Waals surface area (Å²) in [5.41, 5.74) is 11.2. The Morgan fingerprint density at radius 2 is 1.88 bits per heavy atom. The summed E-state index contributed by atoms with van der Waals surface area (Å²) < 4.78 is 25.9. The normalized spacial score (nSPS) is 11.1. The number of sulfonamides is 1. The highest BCUT2D eigenvalue weighted by Gasteiger charge is 2.12. The van der Waals surface area contributed by atoms with Crippen molar-refractivity contribution >= 4 is 16.0 Å². The minimum atomic E-state index is -3.48. The molecule has 94 valence electrons. The Bertz CT molecular complexity index is 490. The van der Waals surface area contributed by atoms with Gasteiger partial charge in [-0.05, 0) is 19.1 Å². The van der Waals surface area contributed by atoms with Gasteiger partial charge in [0.2, 0.25) is 10.0 Å². The summed E-state index contributed by atoms with van der Waals surface area (Å²) >= 11 is 0. The molecule has 7 heteroatoms. The molecule has 5 N–H and O–H groups in total. The average molecular weight is 256 g/mol. The van der Waals surface area contributed by atoms with E-state index in [0.29, 0.717) is 0 Å². The van der Waals surface area contributed by atoms with Crippen molar-refractivity contribution in [3.63, 3.8) is 0 Å². The zero-order chi connectivity index (χ0) is 12.9. The van der Waals surface area contributed by atoms with Crippen LogP contribution in [0.1, 0.15) is 5.56 Å². The fraction of sp³-hybridized carbons (Fsp3) is 0.300. The second-order valence-electron chi connectivity index (χ2n) is 3.52. The number of benzene rings is 1. The minimum Gasteiger partial charge on any atom is -0.370 e. The van der Waals surface area contributed by atoms with Crippen LogP contribution in [0.15, 0.2) is 34.2 Å². The average Bonchev–Trinajstić information content (AvgIpc) is 2.25. The van der Waals surface area contributed by atoms with Gasteiger partial charge in [0.25, 0.3) is 0 Å². The third-order valence-electron chi connectivity index (χ3n) is 2.03. The van der Waals surface area contributed by atoms with E-state index in [9.17, 15) is 8.42 Å². The minimum absolute atomic E-state index is 0.0560. The van der Waals surface area contributed by atoms with Gasteiger partial charge in [0.15, 0.2) is 5.96 Å². The summed E-state index contributed by atoms with van der Waals surface area (Å²) in [5.74, 6) is -0.0560. The van der Waals surface area contributed by atoms with Crippen LogP contribution in [0.3, 0.4) is 0 Å². The van der Waals surface area contributed by atoms with E-state index in [1.807, 2.05) is 6.92 Å². The molecule has 0 atom stereocenters. The van der Waals surface area contributed by atoms with Gasteiger partial charge in [-0.2, -0.15) is 0 Å². The smallest absolute Gasteiger partial charge is 0.240 e. The van der Waals surface area contributed by atoms with Crippen molar-refractivity contribution in [2.75, 3.05) is 13.1 Å². The summed E-state index contributed by atoms with van der Waals surface area (Å²) in [4.78, 5) is 3.91. The Balaban J connectivity index is 2.63. The largest absolute Gasteiger partial charge is 0.370 e. The number of hydrogen-bond donors (Lipinski definition) is 3. The van der Waals surface area contributed by atoms with Crippen molar-refractivity contribution in [1.29, 1.82) is 0 Å². The number of nitrogens with zero attached hydrogens (tertiary/aromatic N) is 1. The molecule has 0 bridgehead atoms. The van der Waals surface area contributed by atoms with Gasteiger partial charge < -0.3 is 11.5 Å².